The average Bonchev–Trinajstić information content (AvgIpc) is 2.74. The van der Waals surface area contributed by atoms with Gasteiger partial charge in [-0.05, 0) is 40.3 Å². The standard InChI is InChI=1S/C16H33NO.C10H21NO2/c1-2-3-4-5-6-7-8-9-10-11-12-13-14-15-16(17)18;1-6-7-8-11(4)10(2,3)9(12)13-5/h2-15H2,1H3,(H2,17,18);6-8H2,1-5H3. The molecule has 0 aromatic heterocycles. The number of hydrogen-bond donors (Lipinski definition) is 1. The van der Waals surface area contributed by atoms with Crippen molar-refractivity contribution in [2.45, 2.75) is 136 Å². The van der Waals surface area contributed by atoms with Crippen LogP contribution in [-0.2, 0) is 14.3 Å². The lowest BCUT2D eigenvalue weighted by molar-refractivity contribution is -0.152. The van der Waals surface area contributed by atoms with E-state index in [0.717, 1.165) is 25.8 Å². The predicted molar refractivity (Wildman–Crippen MR) is 133 cm³/mol. The van der Waals surface area contributed by atoms with Gasteiger partial charge in [-0.15, -0.1) is 0 Å². The van der Waals surface area contributed by atoms with Gasteiger partial charge in [0, 0.05) is 6.42 Å². The maximum Gasteiger partial charge on any atom is 0.325 e. The third-order valence-electron chi connectivity index (χ3n) is 6.01. The maximum atomic E-state index is 11.4. The number of carbonyl (C=O) groups is 2. The Kier molecular flexibility index (Phi) is 22.9. The summed E-state index contributed by atoms with van der Waals surface area (Å²) in [6.45, 7) is 9.10. The van der Waals surface area contributed by atoms with Gasteiger partial charge in [0.05, 0.1) is 7.11 Å². The van der Waals surface area contributed by atoms with Crippen LogP contribution in [0.4, 0.5) is 0 Å². The second-order valence-corrected chi connectivity index (χ2v) is 9.28. The summed E-state index contributed by atoms with van der Waals surface area (Å²) in [5.41, 5.74) is 4.58. The monoisotopic (exact) mass is 442 g/mol. The molecular weight excluding hydrogens is 388 g/mol. The Bertz CT molecular complexity index is 425. The summed E-state index contributed by atoms with van der Waals surface area (Å²) in [6.07, 6.45) is 20.2. The summed E-state index contributed by atoms with van der Waals surface area (Å²) in [5, 5.41) is 0. The summed E-state index contributed by atoms with van der Waals surface area (Å²) < 4.78 is 4.74. The van der Waals surface area contributed by atoms with Crippen LogP contribution >= 0.6 is 0 Å². The van der Waals surface area contributed by atoms with E-state index >= 15 is 0 Å². The minimum atomic E-state index is -0.510. The van der Waals surface area contributed by atoms with Crippen molar-refractivity contribution in [1.82, 2.24) is 4.90 Å². The lowest BCUT2D eigenvalue weighted by atomic mass is 10.0. The Morgan fingerprint density at radius 2 is 1.13 bits per heavy atom. The fraction of sp³-hybridized carbons (Fsp3) is 0.923. The van der Waals surface area contributed by atoms with Crippen LogP contribution in [-0.4, -0.2) is 43.0 Å². The van der Waals surface area contributed by atoms with Gasteiger partial charge in [-0.1, -0.05) is 97.3 Å². The lowest BCUT2D eigenvalue weighted by Crippen LogP contribution is -2.48. The molecule has 5 heteroatoms. The van der Waals surface area contributed by atoms with Gasteiger partial charge in [-0.25, -0.2) is 0 Å². The van der Waals surface area contributed by atoms with E-state index in [1.807, 2.05) is 25.8 Å². The van der Waals surface area contributed by atoms with Crippen LogP contribution in [0.1, 0.15) is 130 Å². The third kappa shape index (κ3) is 20.6. The number of nitrogens with zero attached hydrogens (tertiary/aromatic N) is 1. The largest absolute Gasteiger partial charge is 0.468 e. The molecule has 0 saturated heterocycles. The van der Waals surface area contributed by atoms with E-state index in [0.29, 0.717) is 6.42 Å². The van der Waals surface area contributed by atoms with E-state index in [1.165, 1.54) is 84.2 Å². The van der Waals surface area contributed by atoms with E-state index in [1.54, 1.807) is 0 Å². The smallest absolute Gasteiger partial charge is 0.325 e. The van der Waals surface area contributed by atoms with Crippen molar-refractivity contribution in [2.24, 2.45) is 5.73 Å². The van der Waals surface area contributed by atoms with Gasteiger partial charge in [-0.3, -0.25) is 14.5 Å². The van der Waals surface area contributed by atoms with Crippen molar-refractivity contribution >= 4 is 11.9 Å². The zero-order valence-corrected chi connectivity index (χ0v) is 21.8. The molecule has 0 rings (SSSR count). The molecule has 0 aromatic rings. The van der Waals surface area contributed by atoms with Crippen molar-refractivity contribution in [3.8, 4) is 0 Å². The second kappa shape index (κ2) is 22.1. The number of carbonyl (C=O) groups excluding carboxylic acids is 2. The number of hydrogen-bond acceptors (Lipinski definition) is 4. The first-order chi connectivity index (χ1) is 14.7. The Labute approximate surface area is 193 Å². The molecule has 31 heavy (non-hydrogen) atoms. The molecule has 0 radical (unpaired) electrons. The van der Waals surface area contributed by atoms with Crippen molar-refractivity contribution in [3.63, 3.8) is 0 Å². The predicted octanol–water partition coefficient (Wildman–Crippen LogP) is 6.62. The molecule has 0 fully saturated rings. The van der Waals surface area contributed by atoms with Crippen LogP contribution < -0.4 is 5.73 Å². The highest BCUT2D eigenvalue weighted by Crippen LogP contribution is 2.15. The fourth-order valence-electron chi connectivity index (χ4n) is 3.40. The number of nitrogens with two attached hydrogens (primary N) is 1. The number of rotatable bonds is 19. The highest BCUT2D eigenvalue weighted by Gasteiger charge is 2.32. The number of unbranched alkanes of at least 4 members (excludes halogenated alkanes) is 13. The fourth-order valence-corrected chi connectivity index (χ4v) is 3.40. The summed E-state index contributed by atoms with van der Waals surface area (Å²) in [5.74, 6) is -0.329. The number of methoxy groups -OCH3 is 1. The summed E-state index contributed by atoms with van der Waals surface area (Å²) in [6, 6.07) is 0. The molecule has 0 aromatic carbocycles. The highest BCUT2D eigenvalue weighted by atomic mass is 16.5. The molecule has 0 spiro atoms. The number of likely N-dealkylation sites (N-methyl/N-ethyl adjacent to an activating group) is 1. The Morgan fingerprint density at radius 3 is 1.48 bits per heavy atom. The molecule has 5 nitrogen and oxygen atoms in total. The zero-order chi connectivity index (χ0) is 24.0. The summed E-state index contributed by atoms with van der Waals surface area (Å²) in [4.78, 5) is 23.9. The van der Waals surface area contributed by atoms with Crippen molar-refractivity contribution in [3.05, 3.63) is 0 Å². The van der Waals surface area contributed by atoms with Crippen LogP contribution in [0.2, 0.25) is 0 Å². The lowest BCUT2D eigenvalue weighted by Gasteiger charge is -2.32. The van der Waals surface area contributed by atoms with Crippen molar-refractivity contribution < 1.29 is 14.3 Å². The first kappa shape index (κ1) is 32.1. The molecule has 0 heterocycles. The van der Waals surface area contributed by atoms with Crippen LogP contribution in [0.3, 0.4) is 0 Å². The third-order valence-corrected chi connectivity index (χ3v) is 6.01. The second-order valence-electron chi connectivity index (χ2n) is 9.28. The zero-order valence-electron chi connectivity index (χ0n) is 21.8. The number of primary amides is 1. The minimum absolute atomic E-state index is 0.155. The van der Waals surface area contributed by atoms with Gasteiger partial charge in [0.25, 0.3) is 0 Å². The van der Waals surface area contributed by atoms with Crippen LogP contribution in [0.25, 0.3) is 0 Å². The van der Waals surface area contributed by atoms with E-state index in [2.05, 4.69) is 13.8 Å². The van der Waals surface area contributed by atoms with Crippen molar-refractivity contribution in [2.75, 3.05) is 20.7 Å². The molecular formula is C26H54N2O3. The normalized spacial score (nSPS) is 11.2. The van der Waals surface area contributed by atoms with E-state index in [9.17, 15) is 9.59 Å². The Morgan fingerprint density at radius 1 is 0.742 bits per heavy atom. The van der Waals surface area contributed by atoms with Crippen LogP contribution in [0.5, 0.6) is 0 Å². The number of amides is 1. The average molecular weight is 443 g/mol. The molecule has 1 amide bonds. The molecule has 0 bridgehead atoms. The quantitative estimate of drug-likeness (QED) is 0.180. The molecule has 0 saturated carbocycles. The van der Waals surface area contributed by atoms with Gasteiger partial charge < -0.3 is 10.5 Å². The Balaban J connectivity index is 0. The van der Waals surface area contributed by atoms with E-state index < -0.39 is 5.54 Å². The Hall–Kier alpha value is -1.10. The molecule has 0 aliphatic carbocycles. The molecule has 0 atom stereocenters. The molecule has 2 N–H and O–H groups in total. The van der Waals surface area contributed by atoms with Gasteiger partial charge in [-0.2, -0.15) is 0 Å². The summed E-state index contributed by atoms with van der Waals surface area (Å²) in [7, 11) is 3.38. The van der Waals surface area contributed by atoms with Crippen LogP contribution in [0.15, 0.2) is 0 Å². The molecule has 186 valence electrons. The van der Waals surface area contributed by atoms with Crippen LogP contribution in [0, 0.1) is 0 Å². The SMILES string of the molecule is CCCCCCCCCCCCCCCC(N)=O.CCCCN(C)C(C)(C)C(=O)OC. The molecule has 0 aliphatic heterocycles. The first-order valence-electron chi connectivity index (χ1n) is 12.8. The molecule has 0 aliphatic rings. The maximum absolute atomic E-state index is 11.4. The van der Waals surface area contributed by atoms with Gasteiger partial charge in [0.15, 0.2) is 0 Å². The van der Waals surface area contributed by atoms with Crippen molar-refractivity contribution in [1.29, 1.82) is 0 Å². The number of ether oxygens (including phenoxy) is 1. The topological polar surface area (TPSA) is 72.6 Å². The minimum Gasteiger partial charge on any atom is -0.468 e. The number of esters is 1. The molecule has 0 unspecified atom stereocenters. The highest BCUT2D eigenvalue weighted by molar-refractivity contribution is 5.79. The van der Waals surface area contributed by atoms with Gasteiger partial charge in [0.2, 0.25) is 5.91 Å². The summed E-state index contributed by atoms with van der Waals surface area (Å²) >= 11 is 0. The first-order valence-corrected chi connectivity index (χ1v) is 12.8. The van der Waals surface area contributed by atoms with E-state index in [-0.39, 0.29) is 11.9 Å². The van der Waals surface area contributed by atoms with Gasteiger partial charge >= 0.3 is 5.97 Å². The van der Waals surface area contributed by atoms with E-state index in [4.69, 9.17) is 10.5 Å². The van der Waals surface area contributed by atoms with Gasteiger partial charge in [0.1, 0.15) is 5.54 Å².